The molecule has 21 heavy (non-hydrogen) atoms. The van der Waals surface area contributed by atoms with Crippen LogP contribution in [0, 0.1) is 6.92 Å². The molecular formula is C16H20N4O. The second-order valence-corrected chi connectivity index (χ2v) is 5.68. The number of carbonyl (C=O) groups excluding carboxylic acids is 1. The average molecular weight is 284 g/mol. The minimum absolute atomic E-state index is 0.0230. The fourth-order valence-electron chi connectivity index (χ4n) is 2.96. The van der Waals surface area contributed by atoms with E-state index in [1.807, 2.05) is 37.0 Å². The number of amides is 1. The zero-order chi connectivity index (χ0) is 15.0. The van der Waals surface area contributed by atoms with Gasteiger partial charge in [0.1, 0.15) is 0 Å². The molecule has 1 aliphatic carbocycles. The highest BCUT2D eigenvalue weighted by Crippen LogP contribution is 2.29. The van der Waals surface area contributed by atoms with Crippen LogP contribution in [0.1, 0.15) is 46.1 Å². The summed E-state index contributed by atoms with van der Waals surface area (Å²) >= 11 is 0. The SMILES string of the molecule is Cc1ccc(N)c(C(=O)NC2CCCc3c2cnn3C)c1. The van der Waals surface area contributed by atoms with Crippen LogP contribution in [0.5, 0.6) is 0 Å². The standard InChI is InChI=1S/C16H20N4O/c1-10-6-7-13(17)11(8-10)16(21)19-14-4-3-5-15-12(14)9-18-20(15)2/h6-9,14H,3-5,17H2,1-2H3,(H,19,21). The van der Waals surface area contributed by atoms with Crippen LogP contribution < -0.4 is 11.1 Å². The molecule has 1 aromatic heterocycles. The van der Waals surface area contributed by atoms with Crippen LogP contribution in [0.3, 0.4) is 0 Å². The van der Waals surface area contributed by atoms with Crippen molar-refractivity contribution < 1.29 is 4.79 Å². The normalized spacial score (nSPS) is 17.3. The molecule has 5 heteroatoms. The Kier molecular flexibility index (Phi) is 3.41. The topological polar surface area (TPSA) is 72.9 Å². The van der Waals surface area contributed by atoms with Gasteiger partial charge in [0.2, 0.25) is 0 Å². The lowest BCUT2D eigenvalue weighted by Crippen LogP contribution is -2.31. The van der Waals surface area contributed by atoms with Crippen molar-refractivity contribution in [2.45, 2.75) is 32.2 Å². The first-order chi connectivity index (χ1) is 10.1. The number of hydrogen-bond donors (Lipinski definition) is 2. The molecule has 0 radical (unpaired) electrons. The number of nitrogens with two attached hydrogens (primary N) is 1. The van der Waals surface area contributed by atoms with Crippen LogP contribution in [0.4, 0.5) is 5.69 Å². The first-order valence-corrected chi connectivity index (χ1v) is 7.24. The molecule has 0 saturated heterocycles. The summed E-state index contributed by atoms with van der Waals surface area (Å²) in [5, 5.41) is 7.40. The fraction of sp³-hybridized carbons (Fsp3) is 0.375. The van der Waals surface area contributed by atoms with Crippen LogP contribution >= 0.6 is 0 Å². The number of aryl methyl sites for hydroxylation is 2. The molecule has 0 saturated carbocycles. The Bertz CT molecular complexity index is 690. The van der Waals surface area contributed by atoms with Crippen molar-refractivity contribution in [3.05, 3.63) is 46.8 Å². The maximum atomic E-state index is 12.5. The third kappa shape index (κ3) is 2.51. The molecular weight excluding hydrogens is 264 g/mol. The van der Waals surface area contributed by atoms with Gasteiger partial charge in [0.25, 0.3) is 5.91 Å². The van der Waals surface area contributed by atoms with Crippen LogP contribution in [0.2, 0.25) is 0 Å². The number of nitrogen functional groups attached to an aromatic ring is 1. The van der Waals surface area contributed by atoms with Gasteiger partial charge >= 0.3 is 0 Å². The molecule has 110 valence electrons. The highest BCUT2D eigenvalue weighted by atomic mass is 16.1. The molecule has 1 aromatic carbocycles. The molecule has 2 aromatic rings. The molecule has 1 aliphatic rings. The van der Waals surface area contributed by atoms with E-state index >= 15 is 0 Å². The van der Waals surface area contributed by atoms with Crippen LogP contribution in [0.15, 0.2) is 24.4 Å². The van der Waals surface area contributed by atoms with Gasteiger partial charge in [-0.15, -0.1) is 0 Å². The molecule has 0 bridgehead atoms. The van der Waals surface area contributed by atoms with Gasteiger partial charge in [-0.3, -0.25) is 9.48 Å². The summed E-state index contributed by atoms with van der Waals surface area (Å²) in [5.74, 6) is -0.113. The molecule has 0 spiro atoms. The molecule has 5 nitrogen and oxygen atoms in total. The average Bonchev–Trinajstić information content (AvgIpc) is 2.84. The molecule has 3 rings (SSSR count). The van der Waals surface area contributed by atoms with Crippen LogP contribution in [0.25, 0.3) is 0 Å². The maximum Gasteiger partial charge on any atom is 0.253 e. The van der Waals surface area contributed by atoms with Gasteiger partial charge in [-0.1, -0.05) is 11.6 Å². The molecule has 0 fully saturated rings. The van der Waals surface area contributed by atoms with Crippen LogP contribution in [-0.2, 0) is 13.5 Å². The zero-order valence-electron chi connectivity index (χ0n) is 12.4. The number of nitrogens with one attached hydrogen (secondary N) is 1. The van der Waals surface area contributed by atoms with E-state index in [9.17, 15) is 4.79 Å². The highest BCUT2D eigenvalue weighted by Gasteiger charge is 2.25. The van der Waals surface area contributed by atoms with E-state index in [-0.39, 0.29) is 11.9 Å². The van der Waals surface area contributed by atoms with Gasteiger partial charge in [-0.05, 0) is 38.3 Å². The summed E-state index contributed by atoms with van der Waals surface area (Å²) in [6.07, 6.45) is 4.88. The summed E-state index contributed by atoms with van der Waals surface area (Å²) in [7, 11) is 1.95. The van der Waals surface area contributed by atoms with E-state index < -0.39 is 0 Å². The van der Waals surface area contributed by atoms with Crippen molar-refractivity contribution in [1.29, 1.82) is 0 Å². The van der Waals surface area contributed by atoms with E-state index in [1.165, 1.54) is 5.69 Å². The predicted octanol–water partition coefficient (Wildman–Crippen LogP) is 2.12. The largest absolute Gasteiger partial charge is 0.398 e. The van der Waals surface area contributed by atoms with Crippen LogP contribution in [-0.4, -0.2) is 15.7 Å². The van der Waals surface area contributed by atoms with E-state index in [2.05, 4.69) is 10.4 Å². The molecule has 1 heterocycles. The minimum Gasteiger partial charge on any atom is -0.398 e. The Morgan fingerprint density at radius 1 is 1.48 bits per heavy atom. The number of benzene rings is 1. The second-order valence-electron chi connectivity index (χ2n) is 5.68. The summed E-state index contributed by atoms with van der Waals surface area (Å²) in [5.41, 5.74) is 10.3. The number of carbonyl (C=O) groups is 1. The summed E-state index contributed by atoms with van der Waals surface area (Å²) in [6.45, 7) is 1.95. The monoisotopic (exact) mass is 284 g/mol. The van der Waals surface area contributed by atoms with Gasteiger partial charge in [-0.25, -0.2) is 0 Å². The van der Waals surface area contributed by atoms with Crippen molar-refractivity contribution >= 4 is 11.6 Å². The second kappa shape index (κ2) is 5.24. The minimum atomic E-state index is -0.113. The van der Waals surface area contributed by atoms with Gasteiger partial charge in [0, 0.05) is 24.0 Å². The zero-order valence-corrected chi connectivity index (χ0v) is 12.4. The van der Waals surface area contributed by atoms with Gasteiger partial charge in [0.05, 0.1) is 17.8 Å². The van der Waals surface area contributed by atoms with E-state index in [1.54, 1.807) is 6.07 Å². The molecule has 1 atom stereocenters. The van der Waals surface area contributed by atoms with Crippen molar-refractivity contribution in [3.63, 3.8) is 0 Å². The number of hydrogen-bond acceptors (Lipinski definition) is 3. The predicted molar refractivity (Wildman–Crippen MR) is 81.9 cm³/mol. The fourth-order valence-corrected chi connectivity index (χ4v) is 2.96. The third-order valence-corrected chi connectivity index (χ3v) is 4.13. The third-order valence-electron chi connectivity index (χ3n) is 4.13. The van der Waals surface area contributed by atoms with Crippen molar-refractivity contribution in [3.8, 4) is 0 Å². The lowest BCUT2D eigenvalue weighted by Gasteiger charge is -2.24. The summed E-state index contributed by atoms with van der Waals surface area (Å²) in [6, 6.07) is 5.54. The lowest BCUT2D eigenvalue weighted by molar-refractivity contribution is 0.0933. The van der Waals surface area contributed by atoms with E-state index in [4.69, 9.17) is 5.73 Å². The number of anilines is 1. The first kappa shape index (κ1) is 13.7. The Morgan fingerprint density at radius 3 is 3.10 bits per heavy atom. The maximum absolute atomic E-state index is 12.5. The molecule has 1 unspecified atom stereocenters. The Labute approximate surface area is 124 Å². The lowest BCUT2D eigenvalue weighted by atomic mass is 9.92. The number of aromatic nitrogens is 2. The van der Waals surface area contributed by atoms with Gasteiger partial charge < -0.3 is 11.1 Å². The van der Waals surface area contributed by atoms with Gasteiger partial charge in [0.15, 0.2) is 0 Å². The number of fused-ring (bicyclic) bond motifs is 1. The highest BCUT2D eigenvalue weighted by molar-refractivity contribution is 5.99. The van der Waals surface area contributed by atoms with Crippen molar-refractivity contribution in [2.75, 3.05) is 5.73 Å². The smallest absolute Gasteiger partial charge is 0.253 e. The molecule has 3 N–H and O–H groups in total. The van der Waals surface area contributed by atoms with Crippen molar-refractivity contribution in [2.24, 2.45) is 7.05 Å². The summed E-state index contributed by atoms with van der Waals surface area (Å²) < 4.78 is 1.90. The molecule has 0 aliphatic heterocycles. The van der Waals surface area contributed by atoms with E-state index in [0.29, 0.717) is 11.3 Å². The Hall–Kier alpha value is -2.30. The van der Waals surface area contributed by atoms with E-state index in [0.717, 1.165) is 30.4 Å². The Morgan fingerprint density at radius 2 is 2.29 bits per heavy atom. The van der Waals surface area contributed by atoms with Gasteiger partial charge in [-0.2, -0.15) is 5.10 Å². The number of rotatable bonds is 2. The Balaban J connectivity index is 1.84. The van der Waals surface area contributed by atoms with Crippen molar-refractivity contribution in [1.82, 2.24) is 15.1 Å². The number of nitrogens with zero attached hydrogens (tertiary/aromatic N) is 2. The molecule has 1 amide bonds. The first-order valence-electron chi connectivity index (χ1n) is 7.24. The summed E-state index contributed by atoms with van der Waals surface area (Å²) in [4.78, 5) is 12.5. The quantitative estimate of drug-likeness (QED) is 0.830.